The van der Waals surface area contributed by atoms with Crippen LogP contribution in [0.2, 0.25) is 0 Å². The van der Waals surface area contributed by atoms with E-state index in [9.17, 15) is 27.5 Å². The lowest BCUT2D eigenvalue weighted by atomic mass is 9.59. The first-order chi connectivity index (χ1) is 33.1. The minimum absolute atomic E-state index is 0.0546. The number of carbonyl (C=O) groups is 1. The van der Waals surface area contributed by atoms with Crippen LogP contribution < -0.4 is 19.7 Å². The van der Waals surface area contributed by atoms with Gasteiger partial charge in [0.2, 0.25) is 5.82 Å². The number of aromatic nitrogens is 3. The highest BCUT2D eigenvalue weighted by atomic mass is 32.2. The number of sulfonamides is 1. The van der Waals surface area contributed by atoms with Crippen LogP contribution >= 0.6 is 0 Å². The number of likely N-dealkylation sites (tertiary alicyclic amines) is 1. The first kappa shape index (κ1) is 48.4. The Morgan fingerprint density at radius 1 is 1.00 bits per heavy atom. The number of rotatable bonds is 16. The van der Waals surface area contributed by atoms with Gasteiger partial charge in [0.1, 0.15) is 22.0 Å². The summed E-state index contributed by atoms with van der Waals surface area (Å²) in [5.74, 6) is 0.764. The van der Waals surface area contributed by atoms with Crippen molar-refractivity contribution >= 4 is 53.9 Å². The van der Waals surface area contributed by atoms with Crippen LogP contribution in [0.25, 0.3) is 11.0 Å². The van der Waals surface area contributed by atoms with Crippen molar-refractivity contribution < 1.29 is 31.8 Å². The highest BCUT2D eigenvalue weighted by Gasteiger charge is 2.50. The van der Waals surface area contributed by atoms with Crippen LogP contribution in [-0.4, -0.2) is 106 Å². The number of H-pyrrole nitrogens is 1. The number of hydrogen-bond donors (Lipinski definition) is 3. The summed E-state index contributed by atoms with van der Waals surface area (Å²) in [4.78, 5) is 41.6. The summed E-state index contributed by atoms with van der Waals surface area (Å²) in [5, 5.41) is 15.9. The molecule has 3 aromatic heterocycles. The average Bonchev–Trinajstić information content (AvgIpc) is 4.03. The summed E-state index contributed by atoms with van der Waals surface area (Å²) in [5.41, 5.74) is 4.09. The molecular weight excluding hydrogens is 919 g/mol. The van der Waals surface area contributed by atoms with Gasteiger partial charge in [-0.3, -0.25) is 19.8 Å². The minimum atomic E-state index is -4.67. The molecule has 1 amide bonds. The van der Waals surface area contributed by atoms with E-state index in [0.717, 1.165) is 55.8 Å². The number of fused-ring (bicyclic) bond motifs is 1. The quantitative estimate of drug-likeness (QED) is 0.0623. The Labute approximate surface area is 404 Å². The molecule has 3 N–H and O–H groups in total. The number of pyridine rings is 2. The number of nitro groups is 1. The van der Waals surface area contributed by atoms with Crippen molar-refractivity contribution in [2.45, 2.75) is 114 Å². The number of carbonyl (C=O) groups excluding carboxylic acids is 1. The van der Waals surface area contributed by atoms with Gasteiger partial charge in [0.05, 0.1) is 41.6 Å². The number of amides is 1. The van der Waals surface area contributed by atoms with Crippen LogP contribution in [0.5, 0.6) is 11.5 Å². The molecule has 1 saturated carbocycles. The summed E-state index contributed by atoms with van der Waals surface area (Å²) in [6.07, 6.45) is 12.0. The molecule has 17 nitrogen and oxygen atoms in total. The van der Waals surface area contributed by atoms with Crippen LogP contribution in [0.3, 0.4) is 0 Å². The molecule has 69 heavy (non-hydrogen) atoms. The third-order valence-corrected chi connectivity index (χ3v) is 18.5. The number of aromatic amines is 1. The van der Waals surface area contributed by atoms with E-state index in [1.165, 1.54) is 43.0 Å². The van der Waals surface area contributed by atoms with Gasteiger partial charge in [0, 0.05) is 82.4 Å². The maximum atomic E-state index is 14.0. The van der Waals surface area contributed by atoms with E-state index in [2.05, 4.69) is 77.3 Å². The molecule has 4 aliphatic rings. The zero-order valence-corrected chi connectivity index (χ0v) is 41.4. The Morgan fingerprint density at radius 2 is 1.78 bits per heavy atom. The minimum Gasteiger partial charge on any atom is -0.455 e. The molecule has 3 atom stereocenters. The molecule has 4 fully saturated rings. The zero-order valence-electron chi connectivity index (χ0n) is 39.8. The first-order valence-electron chi connectivity index (χ1n) is 24.3. The van der Waals surface area contributed by atoms with Crippen molar-refractivity contribution in [3.8, 4) is 11.5 Å². The van der Waals surface area contributed by atoms with E-state index < -0.39 is 41.2 Å². The number of nitrogens with one attached hydrogen (secondary N) is 3. The maximum absolute atomic E-state index is 14.0. The van der Waals surface area contributed by atoms with Gasteiger partial charge in [0.25, 0.3) is 15.9 Å². The van der Waals surface area contributed by atoms with E-state index in [-0.39, 0.29) is 47.8 Å². The number of benzene rings is 2. The lowest BCUT2D eigenvalue weighted by Gasteiger charge is -2.56. The molecule has 19 heteroatoms. The van der Waals surface area contributed by atoms with Gasteiger partial charge in [-0.2, -0.15) is 0 Å². The summed E-state index contributed by atoms with van der Waals surface area (Å²) >= 11 is 0. The molecule has 368 valence electrons. The van der Waals surface area contributed by atoms with Gasteiger partial charge in [-0.05, 0) is 105 Å². The molecule has 0 radical (unpaired) electrons. The normalized spacial score (nSPS) is 21.1. The number of nitrogens with zero attached hydrogens (tertiary/aromatic N) is 6. The largest absolute Gasteiger partial charge is 0.455 e. The van der Waals surface area contributed by atoms with Crippen LogP contribution in [0.4, 0.5) is 17.2 Å². The predicted molar refractivity (Wildman–Crippen MR) is 267 cm³/mol. The Bertz CT molecular complexity index is 2920. The Balaban J connectivity index is 0.874. The van der Waals surface area contributed by atoms with Gasteiger partial charge >= 0.3 is 5.69 Å². The summed E-state index contributed by atoms with van der Waals surface area (Å²) in [6, 6.07) is 19.4. The molecule has 0 bridgehead atoms. The monoisotopic (exact) mass is 981 g/mol. The molecule has 1 spiro atoms. The third kappa shape index (κ3) is 10.5. The lowest BCUT2D eigenvalue weighted by Crippen LogP contribution is -2.54. The smallest absolute Gasteiger partial charge is 0.312 e. The Morgan fingerprint density at radius 3 is 2.51 bits per heavy atom. The molecule has 2 unspecified atom stereocenters. The highest BCUT2D eigenvalue weighted by Crippen LogP contribution is 2.54. The Kier molecular flexibility index (Phi) is 14.0. The van der Waals surface area contributed by atoms with Crippen LogP contribution in [-0.2, 0) is 24.5 Å². The van der Waals surface area contributed by atoms with Gasteiger partial charge in [0.15, 0.2) is 0 Å². The summed E-state index contributed by atoms with van der Waals surface area (Å²) < 4.78 is 59.3. The van der Waals surface area contributed by atoms with E-state index >= 15 is 0 Å². The van der Waals surface area contributed by atoms with E-state index in [4.69, 9.17) is 9.47 Å². The topological polar surface area (TPSA) is 214 Å². The van der Waals surface area contributed by atoms with Crippen molar-refractivity contribution in [1.82, 2.24) is 24.6 Å². The van der Waals surface area contributed by atoms with Crippen LogP contribution in [0.1, 0.15) is 113 Å². The molecule has 6 heterocycles. The number of hydrogen-bond acceptors (Lipinski definition) is 14. The van der Waals surface area contributed by atoms with Crippen molar-refractivity contribution in [2.75, 3.05) is 54.5 Å². The van der Waals surface area contributed by atoms with Crippen molar-refractivity contribution in [2.24, 2.45) is 9.78 Å². The fourth-order valence-electron chi connectivity index (χ4n) is 10.8. The van der Waals surface area contributed by atoms with Crippen LogP contribution in [0, 0.1) is 15.5 Å². The molecule has 3 aliphatic heterocycles. The van der Waals surface area contributed by atoms with Crippen molar-refractivity contribution in [3.63, 3.8) is 0 Å². The fourth-order valence-corrected chi connectivity index (χ4v) is 13.1. The number of ether oxygens (including phenoxy) is 2. The standard InChI is InChI=1S/C50H63N9O8S2/c1-5-68(63,6-2)55-35-13-15-38(66-32-35)29-53-48-45(59(61)62)26-40(31-54-48)69(64,65)56-49(60)43-16-14-36(25-46(43)67-39-24-34-17-20-51-47(34)52-30-39)57-22-18-50(19-23-57)27-37(28-50)58-21-9-12-44(58)42-11-8-7-10-41(42)33(3)4/h7-8,10-11,14,16-17,20,24-26,30-31,33,35,37-38,44H,5-6,9,12-13,15,18-19,21-23,27-29,32H2,1-4H3,(H,51,52)(H,53,54)(H,56,60)/t35?,38?,44-/m0/s1. The number of anilines is 2. The summed E-state index contributed by atoms with van der Waals surface area (Å²) in [7, 11) is -6.94. The fraction of sp³-hybridized carbons (Fsp3) is 0.500. The second-order valence-corrected chi connectivity index (χ2v) is 23.9. The van der Waals surface area contributed by atoms with Gasteiger partial charge in [-0.1, -0.05) is 52.0 Å². The zero-order chi connectivity index (χ0) is 48.5. The van der Waals surface area contributed by atoms with E-state index in [0.29, 0.717) is 53.7 Å². The maximum Gasteiger partial charge on any atom is 0.312 e. The predicted octanol–water partition coefficient (Wildman–Crippen LogP) is 8.95. The first-order valence-corrected chi connectivity index (χ1v) is 27.6. The Hall–Kier alpha value is -5.63. The average molecular weight is 982 g/mol. The van der Waals surface area contributed by atoms with Crippen molar-refractivity contribution in [3.05, 3.63) is 106 Å². The van der Waals surface area contributed by atoms with E-state index in [1.54, 1.807) is 30.5 Å². The molecule has 1 aliphatic carbocycles. The SMILES string of the molecule is CCS(=O)(CC)=NC1CCC(CNc2ncc(S(=O)(=O)NC(=O)c3ccc(N4CCC5(CC4)CC(N4CCC[C@H]4c4ccccc4C(C)C)C5)cc3Oc3cnc4[nH]ccc4c3)cc2[N+](=O)[O-])OC1. The third-order valence-electron chi connectivity index (χ3n) is 14.7. The van der Waals surface area contributed by atoms with E-state index in [1.807, 2.05) is 19.9 Å². The van der Waals surface area contributed by atoms with Crippen LogP contribution in [0.15, 0.2) is 88.5 Å². The van der Waals surface area contributed by atoms with Gasteiger partial charge in [-0.25, -0.2) is 31.7 Å². The van der Waals surface area contributed by atoms with Gasteiger partial charge in [-0.15, -0.1) is 0 Å². The van der Waals surface area contributed by atoms with Gasteiger partial charge < -0.3 is 24.7 Å². The molecular formula is C50H63N9O8S2. The second kappa shape index (κ2) is 20.0. The number of piperidine rings is 1. The molecule has 2 aromatic carbocycles. The van der Waals surface area contributed by atoms with Crippen molar-refractivity contribution in [1.29, 1.82) is 0 Å². The highest BCUT2D eigenvalue weighted by molar-refractivity contribution is 7.93. The molecule has 3 saturated heterocycles. The lowest BCUT2D eigenvalue weighted by molar-refractivity contribution is -0.384. The second-order valence-electron chi connectivity index (χ2n) is 19.4. The molecule has 9 rings (SSSR count). The molecule has 5 aromatic rings. The summed E-state index contributed by atoms with van der Waals surface area (Å²) in [6.45, 7) is 11.5.